The molecule has 1 aromatic heterocycles. The van der Waals surface area contributed by atoms with Crippen LogP contribution in [0, 0.1) is 0 Å². The third kappa shape index (κ3) is 3.73. The van der Waals surface area contributed by atoms with Crippen LogP contribution < -0.4 is 4.74 Å². The summed E-state index contributed by atoms with van der Waals surface area (Å²) in [6, 6.07) is 14.7. The number of ether oxygens (including phenoxy) is 1. The molecule has 0 saturated carbocycles. The highest BCUT2D eigenvalue weighted by Crippen LogP contribution is 2.31. The molecule has 0 radical (unpaired) electrons. The molecule has 1 amide bonds. The molecule has 28 heavy (non-hydrogen) atoms. The molecule has 0 bridgehead atoms. The number of halogens is 1. The maximum Gasteiger partial charge on any atom is 0.253 e. The van der Waals surface area contributed by atoms with Crippen LogP contribution in [0.25, 0.3) is 11.4 Å². The van der Waals surface area contributed by atoms with Crippen molar-refractivity contribution in [2.75, 3.05) is 20.2 Å². The van der Waals surface area contributed by atoms with Crippen molar-refractivity contribution in [3.05, 3.63) is 65.0 Å². The van der Waals surface area contributed by atoms with E-state index in [1.165, 1.54) is 0 Å². The van der Waals surface area contributed by atoms with Crippen molar-refractivity contribution in [2.24, 2.45) is 0 Å². The number of likely N-dealkylation sites (tertiary alicyclic amines) is 1. The van der Waals surface area contributed by atoms with Crippen molar-refractivity contribution < 1.29 is 14.1 Å². The van der Waals surface area contributed by atoms with E-state index in [0.29, 0.717) is 41.1 Å². The van der Waals surface area contributed by atoms with Gasteiger partial charge < -0.3 is 14.2 Å². The van der Waals surface area contributed by atoms with Gasteiger partial charge in [0.15, 0.2) is 0 Å². The van der Waals surface area contributed by atoms with Crippen molar-refractivity contribution >= 4 is 17.5 Å². The summed E-state index contributed by atoms with van der Waals surface area (Å²) in [7, 11) is 1.59. The van der Waals surface area contributed by atoms with E-state index >= 15 is 0 Å². The third-order valence-corrected chi connectivity index (χ3v) is 5.33. The highest BCUT2D eigenvalue weighted by molar-refractivity contribution is 6.33. The van der Waals surface area contributed by atoms with Gasteiger partial charge in [0.25, 0.3) is 5.91 Å². The second-order valence-corrected chi connectivity index (χ2v) is 7.14. The highest BCUT2D eigenvalue weighted by atomic mass is 35.5. The standard InChI is InChI=1S/C21H20ClN3O3/c1-27-16-6-4-5-15(13-16)21(26)25-11-9-14(10-12-25)20-23-19(24-28-20)17-7-2-3-8-18(17)22/h2-8,13-14H,9-12H2,1H3. The molecule has 7 heteroatoms. The van der Waals surface area contributed by atoms with Gasteiger partial charge in [-0.15, -0.1) is 0 Å². The molecular formula is C21H20ClN3O3. The fourth-order valence-corrected chi connectivity index (χ4v) is 3.64. The molecule has 6 nitrogen and oxygen atoms in total. The maximum atomic E-state index is 12.7. The molecule has 0 spiro atoms. The summed E-state index contributed by atoms with van der Waals surface area (Å²) in [5.41, 5.74) is 1.39. The monoisotopic (exact) mass is 397 g/mol. The Balaban J connectivity index is 1.42. The van der Waals surface area contributed by atoms with Gasteiger partial charge >= 0.3 is 0 Å². The van der Waals surface area contributed by atoms with Crippen LogP contribution >= 0.6 is 11.6 Å². The first-order chi connectivity index (χ1) is 13.7. The van der Waals surface area contributed by atoms with E-state index in [1.54, 1.807) is 19.2 Å². The van der Waals surface area contributed by atoms with Crippen LogP contribution in [0.2, 0.25) is 5.02 Å². The minimum absolute atomic E-state index is 0.0136. The zero-order valence-electron chi connectivity index (χ0n) is 15.5. The average molecular weight is 398 g/mol. The largest absolute Gasteiger partial charge is 0.497 e. The lowest BCUT2D eigenvalue weighted by Crippen LogP contribution is -2.38. The fraction of sp³-hybridized carbons (Fsp3) is 0.286. The summed E-state index contributed by atoms with van der Waals surface area (Å²) >= 11 is 6.21. The molecule has 1 aliphatic rings. The number of hydrogen-bond donors (Lipinski definition) is 0. The zero-order valence-corrected chi connectivity index (χ0v) is 16.2. The van der Waals surface area contributed by atoms with Crippen molar-refractivity contribution in [1.82, 2.24) is 15.0 Å². The molecule has 1 saturated heterocycles. The smallest absolute Gasteiger partial charge is 0.253 e. The second-order valence-electron chi connectivity index (χ2n) is 6.73. The number of carbonyl (C=O) groups is 1. The average Bonchev–Trinajstić information content (AvgIpc) is 3.24. The Morgan fingerprint density at radius 2 is 1.96 bits per heavy atom. The molecule has 0 N–H and O–H groups in total. The Hall–Kier alpha value is -2.86. The predicted octanol–water partition coefficient (Wildman–Crippen LogP) is 4.42. The van der Waals surface area contributed by atoms with Gasteiger partial charge in [0, 0.05) is 30.1 Å². The number of methoxy groups -OCH3 is 1. The topological polar surface area (TPSA) is 68.5 Å². The van der Waals surface area contributed by atoms with Gasteiger partial charge in [-0.2, -0.15) is 4.98 Å². The minimum atomic E-state index is 0.0136. The fourth-order valence-electron chi connectivity index (χ4n) is 3.42. The summed E-state index contributed by atoms with van der Waals surface area (Å²) in [5, 5.41) is 4.67. The Morgan fingerprint density at radius 1 is 1.18 bits per heavy atom. The van der Waals surface area contributed by atoms with Crippen molar-refractivity contribution in [2.45, 2.75) is 18.8 Å². The number of rotatable bonds is 4. The van der Waals surface area contributed by atoms with Crippen LogP contribution in [0.5, 0.6) is 5.75 Å². The summed E-state index contributed by atoms with van der Waals surface area (Å²) < 4.78 is 10.7. The first-order valence-corrected chi connectivity index (χ1v) is 9.55. The number of carbonyl (C=O) groups excluding carboxylic acids is 1. The van der Waals surface area contributed by atoms with Crippen molar-refractivity contribution in [3.63, 3.8) is 0 Å². The summed E-state index contributed by atoms with van der Waals surface area (Å²) in [5.74, 6) is 1.93. The van der Waals surface area contributed by atoms with Crippen LogP contribution in [0.15, 0.2) is 53.1 Å². The summed E-state index contributed by atoms with van der Waals surface area (Å²) in [6.07, 6.45) is 1.56. The maximum absolute atomic E-state index is 12.7. The predicted molar refractivity (Wildman–Crippen MR) is 106 cm³/mol. The number of piperidine rings is 1. The van der Waals surface area contributed by atoms with E-state index < -0.39 is 0 Å². The first kappa shape index (κ1) is 18.5. The van der Waals surface area contributed by atoms with Crippen LogP contribution in [0.1, 0.15) is 35.0 Å². The van der Waals surface area contributed by atoms with E-state index in [0.717, 1.165) is 18.4 Å². The van der Waals surface area contributed by atoms with E-state index in [4.69, 9.17) is 20.9 Å². The lowest BCUT2D eigenvalue weighted by molar-refractivity contribution is 0.0704. The number of aromatic nitrogens is 2. The quantitative estimate of drug-likeness (QED) is 0.651. The van der Waals surface area contributed by atoms with Crippen LogP contribution in [-0.4, -0.2) is 41.1 Å². The number of hydrogen-bond acceptors (Lipinski definition) is 5. The van der Waals surface area contributed by atoms with E-state index in [2.05, 4.69) is 10.1 Å². The SMILES string of the molecule is COc1cccc(C(=O)N2CCC(c3nc(-c4ccccc4Cl)no3)CC2)c1. The van der Waals surface area contributed by atoms with Gasteiger partial charge in [-0.25, -0.2) is 0 Å². The second kappa shape index (κ2) is 8.02. The molecule has 1 fully saturated rings. The molecule has 0 atom stereocenters. The molecule has 2 aromatic carbocycles. The minimum Gasteiger partial charge on any atom is -0.497 e. The molecule has 144 valence electrons. The Labute approximate surface area is 168 Å². The molecule has 3 aromatic rings. The van der Waals surface area contributed by atoms with E-state index in [1.807, 2.05) is 41.3 Å². The Bertz CT molecular complexity index is 980. The van der Waals surface area contributed by atoms with Gasteiger partial charge in [-0.1, -0.05) is 35.0 Å². The number of benzene rings is 2. The van der Waals surface area contributed by atoms with Crippen molar-refractivity contribution in [3.8, 4) is 17.1 Å². The van der Waals surface area contributed by atoms with Gasteiger partial charge in [0.1, 0.15) is 5.75 Å². The van der Waals surface area contributed by atoms with Crippen molar-refractivity contribution in [1.29, 1.82) is 0 Å². The summed E-state index contributed by atoms with van der Waals surface area (Å²) in [6.45, 7) is 1.29. The molecule has 1 aliphatic heterocycles. The number of nitrogens with zero attached hydrogens (tertiary/aromatic N) is 3. The summed E-state index contributed by atoms with van der Waals surface area (Å²) in [4.78, 5) is 19.1. The van der Waals surface area contributed by atoms with E-state index in [9.17, 15) is 4.79 Å². The first-order valence-electron chi connectivity index (χ1n) is 9.17. The van der Waals surface area contributed by atoms with Gasteiger partial charge in [-0.3, -0.25) is 4.79 Å². The van der Waals surface area contributed by atoms with Gasteiger partial charge in [0.2, 0.25) is 11.7 Å². The van der Waals surface area contributed by atoms with Gasteiger partial charge in [-0.05, 0) is 43.2 Å². The molecule has 2 heterocycles. The van der Waals surface area contributed by atoms with Gasteiger partial charge in [0.05, 0.1) is 12.1 Å². The molecule has 4 rings (SSSR count). The Morgan fingerprint density at radius 3 is 2.71 bits per heavy atom. The number of amides is 1. The molecule has 0 aliphatic carbocycles. The zero-order chi connectivity index (χ0) is 19.5. The van der Waals surface area contributed by atoms with Crippen LogP contribution in [0.4, 0.5) is 0 Å². The highest BCUT2D eigenvalue weighted by Gasteiger charge is 2.28. The molecule has 0 unspecified atom stereocenters. The normalized spacial score (nSPS) is 14.9. The lowest BCUT2D eigenvalue weighted by Gasteiger charge is -2.30. The van der Waals surface area contributed by atoms with Crippen LogP contribution in [0.3, 0.4) is 0 Å². The third-order valence-electron chi connectivity index (χ3n) is 5.00. The molecular weight excluding hydrogens is 378 g/mol. The lowest BCUT2D eigenvalue weighted by atomic mass is 9.96. The van der Waals surface area contributed by atoms with E-state index in [-0.39, 0.29) is 11.8 Å². The van der Waals surface area contributed by atoms with Crippen LogP contribution in [-0.2, 0) is 0 Å². The Kier molecular flexibility index (Phi) is 5.30.